The maximum Gasteiger partial charge on any atom is 0.230 e. The number of amides is 1. The highest BCUT2D eigenvalue weighted by Crippen LogP contribution is 2.14. The Bertz CT molecular complexity index is 538. The highest BCUT2D eigenvalue weighted by molar-refractivity contribution is 7.13. The molecule has 0 bridgehead atoms. The van der Waals surface area contributed by atoms with Gasteiger partial charge in [0.15, 0.2) is 5.13 Å². The number of hydrogen-bond acceptors (Lipinski definition) is 5. The van der Waals surface area contributed by atoms with E-state index in [0.29, 0.717) is 22.2 Å². The van der Waals surface area contributed by atoms with E-state index in [0.717, 1.165) is 0 Å². The van der Waals surface area contributed by atoms with Crippen LogP contribution in [0.15, 0.2) is 29.6 Å². The summed E-state index contributed by atoms with van der Waals surface area (Å²) >= 11 is 1.32. The van der Waals surface area contributed by atoms with Gasteiger partial charge in [-0.25, -0.2) is 4.98 Å². The zero-order valence-electron chi connectivity index (χ0n) is 9.01. The number of thiazole rings is 1. The molecule has 1 heterocycles. The smallest absolute Gasteiger partial charge is 0.230 e. The lowest BCUT2D eigenvalue weighted by Crippen LogP contribution is -2.14. The van der Waals surface area contributed by atoms with Crippen LogP contribution in [0.2, 0.25) is 0 Å². The van der Waals surface area contributed by atoms with Crippen molar-refractivity contribution in [2.24, 2.45) is 0 Å². The van der Waals surface area contributed by atoms with Crippen LogP contribution in [0.5, 0.6) is 0 Å². The van der Waals surface area contributed by atoms with Crippen LogP contribution in [0.4, 0.5) is 16.5 Å². The molecule has 88 valence electrons. The number of nitrogen functional groups attached to an aromatic ring is 2. The zero-order chi connectivity index (χ0) is 12.3. The minimum absolute atomic E-state index is 0.138. The fourth-order valence-electron chi connectivity index (χ4n) is 1.39. The number of carbonyl (C=O) groups is 1. The summed E-state index contributed by atoms with van der Waals surface area (Å²) in [6.07, 6.45) is 0.211. The van der Waals surface area contributed by atoms with Gasteiger partial charge in [-0.3, -0.25) is 4.79 Å². The van der Waals surface area contributed by atoms with E-state index in [1.165, 1.54) is 11.3 Å². The molecule has 0 fully saturated rings. The Balaban J connectivity index is 1.98. The molecule has 1 amide bonds. The summed E-state index contributed by atoms with van der Waals surface area (Å²) in [7, 11) is 0. The highest BCUT2D eigenvalue weighted by atomic mass is 32.1. The Morgan fingerprint density at radius 1 is 1.41 bits per heavy atom. The average molecular weight is 248 g/mol. The van der Waals surface area contributed by atoms with Gasteiger partial charge in [-0.15, -0.1) is 11.3 Å². The molecule has 0 aliphatic carbocycles. The number of nitrogens with one attached hydrogen (secondary N) is 1. The van der Waals surface area contributed by atoms with E-state index in [2.05, 4.69) is 10.3 Å². The number of benzene rings is 1. The Morgan fingerprint density at radius 2 is 2.24 bits per heavy atom. The van der Waals surface area contributed by atoms with Crippen LogP contribution in [0, 0.1) is 0 Å². The monoisotopic (exact) mass is 248 g/mol. The predicted molar refractivity (Wildman–Crippen MR) is 69.7 cm³/mol. The van der Waals surface area contributed by atoms with E-state index >= 15 is 0 Å². The van der Waals surface area contributed by atoms with Crippen LogP contribution in [-0.2, 0) is 11.2 Å². The SMILES string of the molecule is Nc1cccc(NC(=O)Cc2csc(N)n2)c1. The summed E-state index contributed by atoms with van der Waals surface area (Å²) in [5.41, 5.74) is 13.1. The van der Waals surface area contributed by atoms with Gasteiger partial charge in [0.2, 0.25) is 5.91 Å². The standard InChI is InChI=1S/C11H12N4OS/c12-7-2-1-3-8(4-7)14-10(16)5-9-6-17-11(13)15-9/h1-4,6H,5,12H2,(H2,13,15)(H,14,16). The molecular formula is C11H12N4OS. The summed E-state index contributed by atoms with van der Waals surface area (Å²) in [5.74, 6) is -0.138. The van der Waals surface area contributed by atoms with Gasteiger partial charge in [-0.1, -0.05) is 6.07 Å². The van der Waals surface area contributed by atoms with Gasteiger partial charge in [0.25, 0.3) is 0 Å². The number of carbonyl (C=O) groups excluding carboxylic acids is 1. The van der Waals surface area contributed by atoms with E-state index in [1.54, 1.807) is 29.6 Å². The summed E-state index contributed by atoms with van der Waals surface area (Å²) in [4.78, 5) is 15.7. The minimum Gasteiger partial charge on any atom is -0.399 e. The average Bonchev–Trinajstić information content (AvgIpc) is 2.63. The van der Waals surface area contributed by atoms with E-state index in [1.807, 2.05) is 0 Å². The molecule has 0 saturated carbocycles. The molecule has 2 rings (SSSR count). The third-order valence-electron chi connectivity index (χ3n) is 2.08. The van der Waals surface area contributed by atoms with Gasteiger partial charge in [0.05, 0.1) is 12.1 Å². The maximum atomic E-state index is 11.7. The molecule has 5 nitrogen and oxygen atoms in total. The Hall–Kier alpha value is -2.08. The van der Waals surface area contributed by atoms with Crippen LogP contribution >= 0.6 is 11.3 Å². The normalized spacial score (nSPS) is 10.1. The molecule has 1 aromatic carbocycles. The topological polar surface area (TPSA) is 94.0 Å². The Labute approximate surface area is 102 Å². The van der Waals surface area contributed by atoms with Crippen LogP contribution in [0.1, 0.15) is 5.69 Å². The molecule has 1 aromatic heterocycles. The second kappa shape index (κ2) is 4.84. The fourth-order valence-corrected chi connectivity index (χ4v) is 1.95. The van der Waals surface area contributed by atoms with Crippen molar-refractivity contribution in [2.45, 2.75) is 6.42 Å². The first-order valence-electron chi connectivity index (χ1n) is 4.99. The van der Waals surface area contributed by atoms with Crippen molar-refractivity contribution in [3.05, 3.63) is 35.3 Å². The molecule has 17 heavy (non-hydrogen) atoms. The first kappa shape index (κ1) is 11.4. The molecule has 6 heteroatoms. The number of nitrogens with zero attached hydrogens (tertiary/aromatic N) is 1. The second-order valence-corrected chi connectivity index (χ2v) is 4.42. The van der Waals surface area contributed by atoms with E-state index < -0.39 is 0 Å². The van der Waals surface area contributed by atoms with Gasteiger partial charge in [0.1, 0.15) is 0 Å². The van der Waals surface area contributed by atoms with Crippen molar-refractivity contribution in [3.8, 4) is 0 Å². The van der Waals surface area contributed by atoms with Crippen molar-refractivity contribution in [2.75, 3.05) is 16.8 Å². The van der Waals surface area contributed by atoms with Crippen molar-refractivity contribution < 1.29 is 4.79 Å². The molecule has 0 aliphatic heterocycles. The molecule has 0 radical (unpaired) electrons. The van der Waals surface area contributed by atoms with Gasteiger partial charge in [-0.05, 0) is 18.2 Å². The van der Waals surface area contributed by atoms with Crippen molar-refractivity contribution in [1.82, 2.24) is 4.98 Å². The molecule has 0 unspecified atom stereocenters. The molecule has 2 aromatic rings. The van der Waals surface area contributed by atoms with E-state index in [-0.39, 0.29) is 12.3 Å². The first-order valence-corrected chi connectivity index (χ1v) is 5.87. The maximum absolute atomic E-state index is 11.7. The molecule has 0 spiro atoms. The summed E-state index contributed by atoms with van der Waals surface area (Å²) < 4.78 is 0. The number of hydrogen-bond donors (Lipinski definition) is 3. The van der Waals surface area contributed by atoms with E-state index in [4.69, 9.17) is 11.5 Å². The molecule has 0 aliphatic rings. The van der Waals surface area contributed by atoms with Crippen LogP contribution < -0.4 is 16.8 Å². The first-order chi connectivity index (χ1) is 8.13. The van der Waals surface area contributed by atoms with Gasteiger partial charge in [-0.2, -0.15) is 0 Å². The lowest BCUT2D eigenvalue weighted by atomic mass is 10.2. The van der Waals surface area contributed by atoms with Gasteiger partial charge in [0, 0.05) is 16.8 Å². The zero-order valence-corrected chi connectivity index (χ0v) is 9.83. The fraction of sp³-hybridized carbons (Fsp3) is 0.0909. The number of rotatable bonds is 3. The van der Waals surface area contributed by atoms with Crippen LogP contribution in [-0.4, -0.2) is 10.9 Å². The van der Waals surface area contributed by atoms with Crippen molar-refractivity contribution in [3.63, 3.8) is 0 Å². The Kier molecular flexibility index (Phi) is 3.24. The highest BCUT2D eigenvalue weighted by Gasteiger charge is 2.07. The van der Waals surface area contributed by atoms with E-state index in [9.17, 15) is 4.79 Å². The van der Waals surface area contributed by atoms with Gasteiger partial charge < -0.3 is 16.8 Å². The van der Waals surface area contributed by atoms with Crippen molar-refractivity contribution >= 4 is 33.8 Å². The largest absolute Gasteiger partial charge is 0.399 e. The third-order valence-corrected chi connectivity index (χ3v) is 2.80. The number of aromatic nitrogens is 1. The summed E-state index contributed by atoms with van der Waals surface area (Å²) in [5, 5.41) is 4.99. The molecule has 0 saturated heterocycles. The summed E-state index contributed by atoms with van der Waals surface area (Å²) in [6, 6.07) is 7.03. The van der Waals surface area contributed by atoms with Crippen molar-refractivity contribution in [1.29, 1.82) is 0 Å². The lowest BCUT2D eigenvalue weighted by molar-refractivity contribution is -0.115. The minimum atomic E-state index is -0.138. The van der Waals surface area contributed by atoms with Crippen LogP contribution in [0.25, 0.3) is 0 Å². The summed E-state index contributed by atoms with van der Waals surface area (Å²) in [6.45, 7) is 0. The second-order valence-electron chi connectivity index (χ2n) is 3.53. The molecular weight excluding hydrogens is 236 g/mol. The lowest BCUT2D eigenvalue weighted by Gasteiger charge is -2.04. The third kappa shape index (κ3) is 3.18. The van der Waals surface area contributed by atoms with Gasteiger partial charge >= 0.3 is 0 Å². The quantitative estimate of drug-likeness (QED) is 0.717. The number of anilines is 3. The molecule has 0 atom stereocenters. The Morgan fingerprint density at radius 3 is 2.88 bits per heavy atom. The van der Waals surface area contributed by atoms with Crippen LogP contribution in [0.3, 0.4) is 0 Å². The molecule has 5 N–H and O–H groups in total. The predicted octanol–water partition coefficient (Wildman–Crippen LogP) is 1.49. The number of nitrogens with two attached hydrogens (primary N) is 2.